The number of carbonyl (C=O) groups is 2. The van der Waals surface area contributed by atoms with E-state index in [1.165, 1.54) is 0 Å². The van der Waals surface area contributed by atoms with Crippen LogP contribution in [0.1, 0.15) is 17.2 Å². The summed E-state index contributed by atoms with van der Waals surface area (Å²) in [4.78, 5) is 28.0. The second-order valence-electron chi connectivity index (χ2n) is 6.42. The van der Waals surface area contributed by atoms with Gasteiger partial charge in [-0.2, -0.15) is 0 Å². The molecule has 1 fully saturated rings. The smallest absolute Gasteiger partial charge is 0.262 e. The second-order valence-corrected chi connectivity index (χ2v) is 7.23. The Morgan fingerprint density at radius 1 is 0.786 bits per heavy atom. The van der Waals surface area contributed by atoms with Gasteiger partial charge in [0.1, 0.15) is 6.04 Å². The minimum Gasteiger partial charge on any atom is -0.293 e. The van der Waals surface area contributed by atoms with Crippen molar-refractivity contribution in [1.29, 1.82) is 0 Å². The number of para-hydroxylation sites is 1. The number of Topliss-reactive ketones (excluding diaryl/α,β-unsaturated/α-hetero) is 1. The molecule has 1 heterocycles. The van der Waals surface area contributed by atoms with Gasteiger partial charge >= 0.3 is 0 Å². The Labute approximate surface area is 172 Å². The molecule has 1 atom stereocenters. The van der Waals surface area contributed by atoms with Crippen LogP contribution in [0.15, 0.2) is 84.4 Å². The number of hydrogen-bond donors (Lipinski definition) is 0. The average Bonchev–Trinajstić information content (AvgIpc) is 2.96. The Bertz CT molecular complexity index is 1020. The Morgan fingerprint density at radius 2 is 1.43 bits per heavy atom. The van der Waals surface area contributed by atoms with E-state index in [1.807, 2.05) is 60.7 Å². The van der Waals surface area contributed by atoms with Gasteiger partial charge in [-0.25, -0.2) is 0 Å². The zero-order valence-electron chi connectivity index (χ0n) is 14.7. The van der Waals surface area contributed by atoms with E-state index in [1.54, 1.807) is 29.2 Å². The Balaban J connectivity index is 1.83. The van der Waals surface area contributed by atoms with Gasteiger partial charge in [-0.1, -0.05) is 77.8 Å². The summed E-state index contributed by atoms with van der Waals surface area (Å²) in [5.74, 6) is -0.581. The lowest BCUT2D eigenvalue weighted by Gasteiger charge is -2.23. The minimum atomic E-state index is -0.704. The van der Waals surface area contributed by atoms with Gasteiger partial charge in [-0.3, -0.25) is 14.5 Å². The predicted octanol–water partition coefficient (Wildman–Crippen LogP) is 5.73. The zero-order valence-corrected chi connectivity index (χ0v) is 16.2. The van der Waals surface area contributed by atoms with E-state index < -0.39 is 6.04 Å². The van der Waals surface area contributed by atoms with Crippen molar-refractivity contribution in [2.75, 3.05) is 4.90 Å². The summed E-state index contributed by atoms with van der Waals surface area (Å²) >= 11 is 12.0. The molecule has 0 saturated carbocycles. The summed E-state index contributed by atoms with van der Waals surface area (Å²) in [6.45, 7) is 0. The standard InChI is InChI=1S/C23H15Cl2NO2/c24-19-12-11-15(14-20(19)25)13-18-22(27)21(16-7-3-1-4-8-16)26(23(18)28)17-9-5-2-6-10-17/h1-14,21H. The van der Waals surface area contributed by atoms with Crippen LogP contribution in [0.4, 0.5) is 5.69 Å². The highest BCUT2D eigenvalue weighted by atomic mass is 35.5. The van der Waals surface area contributed by atoms with E-state index in [4.69, 9.17) is 23.2 Å². The molecule has 0 bridgehead atoms. The van der Waals surface area contributed by atoms with Gasteiger partial charge in [-0.05, 0) is 41.5 Å². The number of rotatable bonds is 3. The Kier molecular flexibility index (Phi) is 5.03. The van der Waals surface area contributed by atoms with Crippen LogP contribution in [0.5, 0.6) is 0 Å². The quantitative estimate of drug-likeness (QED) is 0.410. The van der Waals surface area contributed by atoms with Crippen molar-refractivity contribution in [2.24, 2.45) is 0 Å². The molecule has 3 aromatic rings. The maximum atomic E-state index is 13.3. The monoisotopic (exact) mass is 407 g/mol. The molecule has 0 spiro atoms. The molecule has 28 heavy (non-hydrogen) atoms. The lowest BCUT2D eigenvalue weighted by Crippen LogP contribution is -2.28. The summed E-state index contributed by atoms with van der Waals surface area (Å²) in [5, 5.41) is 0.786. The van der Waals surface area contributed by atoms with E-state index in [0.717, 1.165) is 5.56 Å². The molecule has 1 unspecified atom stereocenters. The molecule has 1 saturated heterocycles. The first-order chi connectivity index (χ1) is 13.6. The SMILES string of the molecule is O=C1C(=Cc2ccc(Cl)c(Cl)c2)C(=O)N(c2ccccc2)C1c1ccccc1. The Hall–Kier alpha value is -2.88. The molecule has 0 aliphatic carbocycles. The first-order valence-corrected chi connectivity index (χ1v) is 9.46. The molecule has 5 heteroatoms. The van der Waals surface area contributed by atoms with Crippen molar-refractivity contribution in [1.82, 2.24) is 0 Å². The van der Waals surface area contributed by atoms with Crippen LogP contribution in [0.2, 0.25) is 10.0 Å². The van der Waals surface area contributed by atoms with E-state index in [9.17, 15) is 9.59 Å². The number of anilines is 1. The second kappa shape index (κ2) is 7.63. The molecule has 1 amide bonds. The molecule has 0 N–H and O–H groups in total. The molecule has 1 aliphatic heterocycles. The molecule has 0 aromatic heterocycles. The van der Waals surface area contributed by atoms with Crippen LogP contribution >= 0.6 is 23.2 Å². The molecule has 3 nitrogen and oxygen atoms in total. The van der Waals surface area contributed by atoms with Gasteiger partial charge in [0.2, 0.25) is 0 Å². The van der Waals surface area contributed by atoms with Crippen molar-refractivity contribution in [3.8, 4) is 0 Å². The minimum absolute atomic E-state index is 0.121. The highest BCUT2D eigenvalue weighted by Gasteiger charge is 2.44. The number of hydrogen-bond acceptors (Lipinski definition) is 2. The third-order valence-electron chi connectivity index (χ3n) is 4.63. The largest absolute Gasteiger partial charge is 0.293 e. The van der Waals surface area contributed by atoms with Crippen molar-refractivity contribution in [3.63, 3.8) is 0 Å². The van der Waals surface area contributed by atoms with Crippen LogP contribution in [0.3, 0.4) is 0 Å². The van der Waals surface area contributed by atoms with E-state index in [0.29, 0.717) is 21.3 Å². The predicted molar refractivity (Wildman–Crippen MR) is 113 cm³/mol. The van der Waals surface area contributed by atoms with Crippen LogP contribution < -0.4 is 4.90 Å². The highest BCUT2D eigenvalue weighted by Crippen LogP contribution is 2.38. The molecular formula is C23H15Cl2NO2. The van der Waals surface area contributed by atoms with Gasteiger partial charge in [-0.15, -0.1) is 0 Å². The molecule has 0 radical (unpaired) electrons. The average molecular weight is 408 g/mol. The van der Waals surface area contributed by atoms with Gasteiger partial charge in [0, 0.05) is 5.69 Å². The first-order valence-electron chi connectivity index (χ1n) is 8.71. The Morgan fingerprint density at radius 3 is 2.07 bits per heavy atom. The molecule has 3 aromatic carbocycles. The number of amides is 1. The number of carbonyl (C=O) groups excluding carboxylic acids is 2. The highest BCUT2D eigenvalue weighted by molar-refractivity contribution is 6.42. The first kappa shape index (κ1) is 18.5. The van der Waals surface area contributed by atoms with Crippen LogP contribution in [-0.2, 0) is 9.59 Å². The van der Waals surface area contributed by atoms with E-state index in [-0.39, 0.29) is 17.3 Å². The third-order valence-corrected chi connectivity index (χ3v) is 5.36. The van der Waals surface area contributed by atoms with Crippen molar-refractivity contribution < 1.29 is 9.59 Å². The fourth-order valence-electron chi connectivity index (χ4n) is 3.31. The maximum absolute atomic E-state index is 13.3. The number of ketones is 1. The van der Waals surface area contributed by atoms with E-state index in [2.05, 4.69) is 0 Å². The third kappa shape index (κ3) is 3.35. The van der Waals surface area contributed by atoms with Crippen molar-refractivity contribution >= 4 is 46.7 Å². The fraction of sp³-hybridized carbons (Fsp3) is 0.0435. The fourth-order valence-corrected chi connectivity index (χ4v) is 3.62. The van der Waals surface area contributed by atoms with Crippen molar-refractivity contribution in [3.05, 3.63) is 106 Å². The van der Waals surface area contributed by atoms with Gasteiger partial charge in [0.05, 0.1) is 15.6 Å². The number of benzene rings is 3. The normalized spacial score (nSPS) is 18.1. The molecule has 1 aliphatic rings. The summed E-state index contributed by atoms with van der Waals surface area (Å²) < 4.78 is 0. The lowest BCUT2D eigenvalue weighted by molar-refractivity contribution is -0.116. The van der Waals surface area contributed by atoms with Crippen LogP contribution in [0.25, 0.3) is 6.08 Å². The van der Waals surface area contributed by atoms with Gasteiger partial charge < -0.3 is 0 Å². The summed E-state index contributed by atoms with van der Waals surface area (Å²) in [7, 11) is 0. The molecule has 138 valence electrons. The molecular weight excluding hydrogens is 393 g/mol. The van der Waals surface area contributed by atoms with Gasteiger partial charge in [0.25, 0.3) is 5.91 Å². The van der Waals surface area contributed by atoms with Gasteiger partial charge in [0.15, 0.2) is 5.78 Å². The zero-order chi connectivity index (χ0) is 19.7. The maximum Gasteiger partial charge on any atom is 0.262 e. The molecule has 4 rings (SSSR count). The lowest BCUT2D eigenvalue weighted by atomic mass is 10.00. The number of nitrogens with zero attached hydrogens (tertiary/aromatic N) is 1. The summed E-state index contributed by atoms with van der Waals surface area (Å²) in [6.07, 6.45) is 1.58. The van der Waals surface area contributed by atoms with E-state index >= 15 is 0 Å². The topological polar surface area (TPSA) is 37.4 Å². The van der Waals surface area contributed by atoms with Crippen molar-refractivity contribution in [2.45, 2.75) is 6.04 Å². The summed E-state index contributed by atoms with van der Waals surface area (Å²) in [6, 6.07) is 22.8. The van der Waals surface area contributed by atoms with Crippen LogP contribution in [0, 0.1) is 0 Å². The number of halogens is 2. The summed E-state index contributed by atoms with van der Waals surface area (Å²) in [5.41, 5.74) is 2.21. The van der Waals surface area contributed by atoms with Crippen LogP contribution in [-0.4, -0.2) is 11.7 Å².